The van der Waals surface area contributed by atoms with Gasteiger partial charge in [0, 0.05) is 13.0 Å². The smallest absolute Gasteiger partial charge is 0.225 e. The van der Waals surface area contributed by atoms with Crippen molar-refractivity contribution in [1.29, 1.82) is 0 Å². The first kappa shape index (κ1) is 15.3. The molecule has 1 aliphatic heterocycles. The minimum Gasteiger partial charge on any atom is -0.369 e. The Morgan fingerprint density at radius 2 is 1.85 bits per heavy atom. The highest BCUT2D eigenvalue weighted by Crippen LogP contribution is 2.37. The summed E-state index contributed by atoms with van der Waals surface area (Å²) in [6.45, 7) is 2.56. The van der Waals surface area contributed by atoms with E-state index >= 15 is 0 Å². The number of nitrogens with two attached hydrogens (primary N) is 1. The molecule has 1 saturated heterocycles. The average molecular weight is 281 g/mol. The minimum absolute atomic E-state index is 0.0658. The molecule has 0 aromatic rings. The molecule has 2 aliphatic rings. The lowest BCUT2D eigenvalue weighted by Crippen LogP contribution is -2.44. The zero-order valence-electron chi connectivity index (χ0n) is 12.2. The Bertz CT molecular complexity index is 345. The normalized spacial score (nSPS) is 22.6. The largest absolute Gasteiger partial charge is 0.369 e. The number of rotatable bonds is 6. The van der Waals surface area contributed by atoms with Gasteiger partial charge in [-0.3, -0.25) is 9.59 Å². The highest BCUT2D eigenvalue weighted by molar-refractivity contribution is 5.83. The van der Waals surface area contributed by atoms with Crippen molar-refractivity contribution in [2.45, 2.75) is 51.4 Å². The third-order valence-corrected chi connectivity index (χ3v) is 4.95. The van der Waals surface area contributed by atoms with Crippen LogP contribution in [0.1, 0.15) is 51.4 Å². The predicted octanol–water partition coefficient (Wildman–Crippen LogP) is 0.928. The van der Waals surface area contributed by atoms with Crippen molar-refractivity contribution in [2.75, 3.05) is 19.6 Å². The summed E-state index contributed by atoms with van der Waals surface area (Å²) in [6.07, 6.45) is 7.56. The molecule has 1 saturated carbocycles. The number of nitrogens with one attached hydrogen (secondary N) is 2. The Morgan fingerprint density at radius 3 is 2.45 bits per heavy atom. The molecular weight excluding hydrogens is 254 g/mol. The zero-order chi connectivity index (χ0) is 14.4. The zero-order valence-corrected chi connectivity index (χ0v) is 12.2. The van der Waals surface area contributed by atoms with Crippen molar-refractivity contribution < 1.29 is 9.59 Å². The maximum absolute atomic E-state index is 11.9. The van der Waals surface area contributed by atoms with Crippen LogP contribution in [-0.2, 0) is 9.59 Å². The SMILES string of the molecule is NC(=O)C1(CNC(=O)CCC2CCNCC2)CCCC1. The lowest BCUT2D eigenvalue weighted by molar-refractivity contribution is -0.128. The molecule has 2 fully saturated rings. The Morgan fingerprint density at radius 1 is 1.20 bits per heavy atom. The summed E-state index contributed by atoms with van der Waals surface area (Å²) in [6, 6.07) is 0. The quantitative estimate of drug-likeness (QED) is 0.677. The monoisotopic (exact) mass is 281 g/mol. The van der Waals surface area contributed by atoms with E-state index in [0.29, 0.717) is 18.9 Å². The molecule has 0 bridgehead atoms. The summed E-state index contributed by atoms with van der Waals surface area (Å²) in [4.78, 5) is 23.5. The van der Waals surface area contributed by atoms with Crippen LogP contribution in [0, 0.1) is 11.3 Å². The average Bonchev–Trinajstić information content (AvgIpc) is 2.94. The molecule has 114 valence electrons. The van der Waals surface area contributed by atoms with E-state index in [-0.39, 0.29) is 11.8 Å². The van der Waals surface area contributed by atoms with E-state index < -0.39 is 5.41 Å². The number of amides is 2. The number of hydrogen-bond donors (Lipinski definition) is 3. The third-order valence-electron chi connectivity index (χ3n) is 4.95. The van der Waals surface area contributed by atoms with Crippen molar-refractivity contribution in [3.8, 4) is 0 Å². The van der Waals surface area contributed by atoms with Gasteiger partial charge < -0.3 is 16.4 Å². The van der Waals surface area contributed by atoms with Gasteiger partial charge in [-0.2, -0.15) is 0 Å². The number of hydrogen-bond acceptors (Lipinski definition) is 3. The molecule has 0 unspecified atom stereocenters. The van der Waals surface area contributed by atoms with E-state index in [1.165, 1.54) is 12.8 Å². The lowest BCUT2D eigenvalue weighted by atomic mass is 9.85. The molecular formula is C15H27N3O2. The fourth-order valence-electron chi connectivity index (χ4n) is 3.42. The maximum Gasteiger partial charge on any atom is 0.225 e. The highest BCUT2D eigenvalue weighted by atomic mass is 16.2. The second-order valence-corrected chi connectivity index (χ2v) is 6.36. The molecule has 0 radical (unpaired) electrons. The van der Waals surface area contributed by atoms with Gasteiger partial charge in [0.15, 0.2) is 0 Å². The number of primary amides is 1. The molecule has 1 heterocycles. The van der Waals surface area contributed by atoms with E-state index in [9.17, 15) is 9.59 Å². The molecule has 5 nitrogen and oxygen atoms in total. The van der Waals surface area contributed by atoms with Gasteiger partial charge in [0.05, 0.1) is 5.41 Å². The van der Waals surface area contributed by atoms with Crippen LogP contribution >= 0.6 is 0 Å². The van der Waals surface area contributed by atoms with Crippen LogP contribution in [0.2, 0.25) is 0 Å². The maximum atomic E-state index is 11.9. The Balaban J connectivity index is 1.70. The summed E-state index contributed by atoms with van der Waals surface area (Å²) in [5, 5.41) is 6.26. The number of carbonyl (C=O) groups is 2. The van der Waals surface area contributed by atoms with Gasteiger partial charge in [-0.1, -0.05) is 12.8 Å². The Labute approximate surface area is 121 Å². The van der Waals surface area contributed by atoms with E-state index in [1.807, 2.05) is 0 Å². The summed E-state index contributed by atoms with van der Waals surface area (Å²) >= 11 is 0. The number of piperidine rings is 1. The van der Waals surface area contributed by atoms with Crippen LogP contribution in [0.25, 0.3) is 0 Å². The number of carbonyl (C=O) groups excluding carboxylic acids is 2. The van der Waals surface area contributed by atoms with Gasteiger partial charge in [0.25, 0.3) is 0 Å². The Kier molecular flexibility index (Phi) is 5.40. The first-order valence-corrected chi connectivity index (χ1v) is 7.90. The predicted molar refractivity (Wildman–Crippen MR) is 77.9 cm³/mol. The van der Waals surface area contributed by atoms with E-state index in [1.54, 1.807) is 0 Å². The minimum atomic E-state index is -0.482. The van der Waals surface area contributed by atoms with Crippen LogP contribution in [0.5, 0.6) is 0 Å². The second-order valence-electron chi connectivity index (χ2n) is 6.36. The van der Waals surface area contributed by atoms with Gasteiger partial charge in [0.2, 0.25) is 11.8 Å². The lowest BCUT2D eigenvalue weighted by Gasteiger charge is -2.26. The third kappa shape index (κ3) is 3.95. The summed E-state index contributed by atoms with van der Waals surface area (Å²) in [5.41, 5.74) is 5.03. The molecule has 0 aromatic carbocycles. The molecule has 1 aliphatic carbocycles. The first-order chi connectivity index (χ1) is 9.62. The van der Waals surface area contributed by atoms with Crippen molar-refractivity contribution in [3.05, 3.63) is 0 Å². The fraction of sp³-hybridized carbons (Fsp3) is 0.867. The summed E-state index contributed by atoms with van der Waals surface area (Å²) in [7, 11) is 0. The molecule has 20 heavy (non-hydrogen) atoms. The van der Waals surface area contributed by atoms with Crippen LogP contribution in [0.4, 0.5) is 0 Å². The summed E-state index contributed by atoms with van der Waals surface area (Å²) in [5.74, 6) is 0.475. The molecule has 2 rings (SSSR count). The Hall–Kier alpha value is -1.10. The van der Waals surface area contributed by atoms with Crippen molar-refractivity contribution in [3.63, 3.8) is 0 Å². The second kappa shape index (κ2) is 7.07. The van der Waals surface area contributed by atoms with Crippen LogP contribution in [0.3, 0.4) is 0 Å². The van der Waals surface area contributed by atoms with Gasteiger partial charge in [0.1, 0.15) is 0 Å². The van der Waals surface area contributed by atoms with Crippen molar-refractivity contribution in [1.82, 2.24) is 10.6 Å². The first-order valence-electron chi connectivity index (χ1n) is 7.90. The van der Waals surface area contributed by atoms with Crippen LogP contribution in [-0.4, -0.2) is 31.4 Å². The topological polar surface area (TPSA) is 84.2 Å². The van der Waals surface area contributed by atoms with Crippen molar-refractivity contribution in [2.24, 2.45) is 17.1 Å². The van der Waals surface area contributed by atoms with Gasteiger partial charge in [-0.15, -0.1) is 0 Å². The molecule has 5 heteroatoms. The molecule has 0 aromatic heterocycles. The van der Waals surface area contributed by atoms with E-state index in [0.717, 1.165) is 45.2 Å². The fourth-order valence-corrected chi connectivity index (χ4v) is 3.42. The molecule has 4 N–H and O–H groups in total. The van der Waals surface area contributed by atoms with Crippen LogP contribution < -0.4 is 16.4 Å². The van der Waals surface area contributed by atoms with Crippen molar-refractivity contribution >= 4 is 11.8 Å². The van der Waals surface area contributed by atoms with E-state index in [4.69, 9.17) is 5.73 Å². The molecule has 0 spiro atoms. The van der Waals surface area contributed by atoms with Gasteiger partial charge in [-0.25, -0.2) is 0 Å². The van der Waals surface area contributed by atoms with E-state index in [2.05, 4.69) is 10.6 Å². The molecule has 0 atom stereocenters. The standard InChI is InChI=1S/C15H27N3O2/c16-14(20)15(7-1-2-8-15)11-18-13(19)4-3-12-5-9-17-10-6-12/h12,17H,1-11H2,(H2,16,20)(H,18,19). The highest BCUT2D eigenvalue weighted by Gasteiger charge is 2.39. The molecule has 2 amide bonds. The van der Waals surface area contributed by atoms with Crippen LogP contribution in [0.15, 0.2) is 0 Å². The summed E-state index contributed by atoms with van der Waals surface area (Å²) < 4.78 is 0. The van der Waals surface area contributed by atoms with Gasteiger partial charge >= 0.3 is 0 Å². The van der Waals surface area contributed by atoms with Gasteiger partial charge in [-0.05, 0) is 51.1 Å².